The Hall–Kier alpha value is -5.12. The second kappa shape index (κ2) is 15.5. The van der Waals surface area contributed by atoms with Crippen molar-refractivity contribution in [1.82, 2.24) is 0 Å². The third kappa shape index (κ3) is 10.5. The lowest BCUT2D eigenvalue weighted by molar-refractivity contribution is -0.134. The Kier molecular flexibility index (Phi) is 11.5. The Labute approximate surface area is 237 Å². The van der Waals surface area contributed by atoms with Crippen molar-refractivity contribution in [2.75, 3.05) is 24.7 Å². The zero-order chi connectivity index (χ0) is 29.6. The number of hydrogen-bond donors (Lipinski definition) is 2. The van der Waals surface area contributed by atoms with Gasteiger partial charge in [-0.15, -0.1) is 0 Å². The molecule has 0 radical (unpaired) electrons. The van der Waals surface area contributed by atoms with Crippen LogP contribution in [0.5, 0.6) is 11.5 Å². The molecule has 0 atom stereocenters. The number of nitrogens with two attached hydrogens (primary N) is 2. The lowest BCUT2D eigenvalue weighted by Gasteiger charge is -2.08. The van der Waals surface area contributed by atoms with E-state index >= 15 is 0 Å². The zero-order valence-corrected chi connectivity index (χ0v) is 22.7. The van der Waals surface area contributed by atoms with Gasteiger partial charge < -0.3 is 30.4 Å². The molecule has 4 N–H and O–H groups in total. The molecule has 3 aromatic rings. The van der Waals surface area contributed by atoms with Gasteiger partial charge in [0.1, 0.15) is 11.5 Å². The molecular weight excluding hydrogens is 528 g/mol. The highest BCUT2D eigenvalue weighted by molar-refractivity contribution is 5.92. The van der Waals surface area contributed by atoms with E-state index in [9.17, 15) is 19.2 Å². The summed E-state index contributed by atoms with van der Waals surface area (Å²) >= 11 is 0. The molecule has 0 aromatic heterocycles. The van der Waals surface area contributed by atoms with E-state index in [-0.39, 0.29) is 24.7 Å². The zero-order valence-electron chi connectivity index (χ0n) is 22.7. The molecule has 0 aliphatic rings. The van der Waals surface area contributed by atoms with Crippen LogP contribution in [0, 0.1) is 0 Å². The van der Waals surface area contributed by atoms with Crippen molar-refractivity contribution in [3.05, 3.63) is 89.5 Å². The smallest absolute Gasteiger partial charge is 0.338 e. The van der Waals surface area contributed by atoms with Crippen molar-refractivity contribution in [2.45, 2.75) is 32.6 Å². The number of carbonyl (C=O) groups excluding carboxylic acids is 4. The number of unbranched alkanes of at least 4 members (excludes halogenated alkanes) is 1. The summed E-state index contributed by atoms with van der Waals surface area (Å²) in [6.07, 6.45) is 5.12. The highest BCUT2D eigenvalue weighted by Gasteiger charge is 2.11. The normalized spacial score (nSPS) is 10.7. The Bertz CT molecular complexity index is 1360. The van der Waals surface area contributed by atoms with Crippen LogP contribution in [0.15, 0.2) is 72.8 Å². The Morgan fingerprint density at radius 3 is 1.85 bits per heavy atom. The van der Waals surface area contributed by atoms with E-state index in [1.165, 1.54) is 36.4 Å². The van der Waals surface area contributed by atoms with Crippen molar-refractivity contribution in [2.24, 2.45) is 0 Å². The maximum Gasteiger partial charge on any atom is 0.338 e. The maximum absolute atomic E-state index is 12.3. The number of anilines is 2. The standard InChI is InChI=1S/C31H32N2O8/c1-2-3-5-28(34)40-26-11-13-27(14-12-26)41-29(35)15-8-21-6-9-22(10-7-21)30(36)38-16-4-17-39-31(37)23-18-24(32)20-25(33)19-23/h6-15,18-20H,2-5,16-17,32-33H2,1H3. The van der Waals surface area contributed by atoms with Crippen LogP contribution < -0.4 is 20.9 Å². The van der Waals surface area contributed by atoms with Crippen molar-refractivity contribution in [3.8, 4) is 11.5 Å². The Morgan fingerprint density at radius 1 is 0.707 bits per heavy atom. The molecule has 41 heavy (non-hydrogen) atoms. The average Bonchev–Trinajstić information content (AvgIpc) is 2.95. The van der Waals surface area contributed by atoms with Gasteiger partial charge in [0.15, 0.2) is 0 Å². The third-order valence-corrected chi connectivity index (χ3v) is 5.53. The minimum absolute atomic E-state index is 0.0529. The molecule has 0 aliphatic heterocycles. The molecule has 0 saturated carbocycles. The third-order valence-electron chi connectivity index (χ3n) is 5.53. The number of benzene rings is 3. The van der Waals surface area contributed by atoms with Crippen LogP contribution in [-0.4, -0.2) is 37.1 Å². The fraction of sp³-hybridized carbons (Fsp3) is 0.226. The first-order chi connectivity index (χ1) is 19.7. The molecule has 0 aliphatic carbocycles. The summed E-state index contributed by atoms with van der Waals surface area (Å²) in [4.78, 5) is 48.2. The van der Waals surface area contributed by atoms with Crippen LogP contribution in [0.3, 0.4) is 0 Å². The molecule has 0 unspecified atom stereocenters. The Morgan fingerprint density at radius 2 is 1.27 bits per heavy atom. The predicted molar refractivity (Wildman–Crippen MR) is 153 cm³/mol. The van der Waals surface area contributed by atoms with Gasteiger partial charge in [0, 0.05) is 30.3 Å². The number of hydrogen-bond acceptors (Lipinski definition) is 10. The van der Waals surface area contributed by atoms with Gasteiger partial charge in [-0.3, -0.25) is 4.79 Å². The summed E-state index contributed by atoms with van der Waals surface area (Å²) < 4.78 is 20.8. The van der Waals surface area contributed by atoms with Gasteiger partial charge in [-0.1, -0.05) is 25.5 Å². The average molecular weight is 561 g/mol. The predicted octanol–water partition coefficient (Wildman–Crippen LogP) is 4.97. The van der Waals surface area contributed by atoms with Crippen molar-refractivity contribution in [3.63, 3.8) is 0 Å². The first-order valence-electron chi connectivity index (χ1n) is 13.0. The highest BCUT2D eigenvalue weighted by atomic mass is 16.6. The molecule has 0 spiro atoms. The van der Waals surface area contributed by atoms with Gasteiger partial charge in [0.25, 0.3) is 0 Å². The number of rotatable bonds is 13. The number of nitrogen functional groups attached to an aromatic ring is 2. The van der Waals surface area contributed by atoms with E-state index in [1.54, 1.807) is 42.5 Å². The molecular formula is C31H32N2O8. The van der Waals surface area contributed by atoms with Crippen LogP contribution in [0.25, 0.3) is 6.08 Å². The number of carbonyl (C=O) groups is 4. The van der Waals surface area contributed by atoms with Gasteiger partial charge in [-0.2, -0.15) is 0 Å². The maximum atomic E-state index is 12.3. The van der Waals surface area contributed by atoms with Gasteiger partial charge in [-0.25, -0.2) is 14.4 Å². The molecule has 0 bridgehead atoms. The van der Waals surface area contributed by atoms with Gasteiger partial charge in [-0.05, 0) is 72.7 Å². The first kappa shape index (κ1) is 30.4. The number of ether oxygens (including phenoxy) is 4. The van der Waals surface area contributed by atoms with E-state index < -0.39 is 17.9 Å². The molecule has 3 aromatic carbocycles. The summed E-state index contributed by atoms with van der Waals surface area (Å²) in [6, 6.07) is 17.1. The molecule has 0 heterocycles. The van der Waals surface area contributed by atoms with Crippen LogP contribution in [0.4, 0.5) is 11.4 Å². The van der Waals surface area contributed by atoms with E-state index in [4.69, 9.17) is 30.4 Å². The van der Waals surface area contributed by atoms with Gasteiger partial charge in [0.05, 0.1) is 24.3 Å². The lowest BCUT2D eigenvalue weighted by Crippen LogP contribution is -2.11. The van der Waals surface area contributed by atoms with E-state index in [1.807, 2.05) is 6.92 Å². The molecule has 0 fully saturated rings. The van der Waals surface area contributed by atoms with Crippen molar-refractivity contribution in [1.29, 1.82) is 0 Å². The van der Waals surface area contributed by atoms with E-state index in [0.29, 0.717) is 46.8 Å². The summed E-state index contributed by atoms with van der Waals surface area (Å²) in [6.45, 7) is 2.10. The van der Waals surface area contributed by atoms with Crippen LogP contribution in [0.1, 0.15) is 58.9 Å². The van der Waals surface area contributed by atoms with Crippen LogP contribution in [0.2, 0.25) is 0 Å². The van der Waals surface area contributed by atoms with E-state index in [0.717, 1.165) is 12.8 Å². The minimum atomic E-state index is -0.596. The van der Waals surface area contributed by atoms with E-state index in [2.05, 4.69) is 0 Å². The molecule has 214 valence electrons. The van der Waals surface area contributed by atoms with Crippen molar-refractivity contribution < 1.29 is 38.1 Å². The lowest BCUT2D eigenvalue weighted by atomic mass is 10.1. The second-order valence-corrected chi connectivity index (χ2v) is 8.94. The molecule has 3 rings (SSSR count). The monoisotopic (exact) mass is 560 g/mol. The summed E-state index contributed by atoms with van der Waals surface area (Å²) in [5, 5.41) is 0. The number of esters is 4. The first-order valence-corrected chi connectivity index (χ1v) is 13.0. The van der Waals surface area contributed by atoms with Crippen LogP contribution >= 0.6 is 0 Å². The molecule has 10 nitrogen and oxygen atoms in total. The molecule has 0 saturated heterocycles. The molecule has 0 amide bonds. The minimum Gasteiger partial charge on any atom is -0.462 e. The fourth-order valence-electron chi connectivity index (χ4n) is 3.47. The molecule has 10 heteroatoms. The van der Waals surface area contributed by atoms with Crippen molar-refractivity contribution >= 4 is 41.3 Å². The summed E-state index contributed by atoms with van der Waals surface area (Å²) in [5.74, 6) is -1.32. The summed E-state index contributed by atoms with van der Waals surface area (Å²) in [7, 11) is 0. The largest absolute Gasteiger partial charge is 0.462 e. The fourth-order valence-corrected chi connectivity index (χ4v) is 3.47. The van der Waals surface area contributed by atoms with Gasteiger partial charge >= 0.3 is 23.9 Å². The topological polar surface area (TPSA) is 157 Å². The Balaban J connectivity index is 1.38. The highest BCUT2D eigenvalue weighted by Crippen LogP contribution is 2.19. The summed E-state index contributed by atoms with van der Waals surface area (Å²) in [5.41, 5.74) is 13.3. The van der Waals surface area contributed by atoms with Gasteiger partial charge in [0.2, 0.25) is 0 Å². The second-order valence-electron chi connectivity index (χ2n) is 8.94. The quantitative estimate of drug-likeness (QED) is 0.0961. The van der Waals surface area contributed by atoms with Crippen LogP contribution in [-0.2, 0) is 19.1 Å². The SMILES string of the molecule is CCCCC(=O)Oc1ccc(OC(=O)C=Cc2ccc(C(=O)OCCCOC(=O)c3cc(N)cc(N)c3)cc2)cc1.